The smallest absolute Gasteiger partial charge is 0.217 e. The van der Waals surface area contributed by atoms with Crippen molar-refractivity contribution in [3.8, 4) is 0 Å². The molecular formula is C44H30N4O8S4. The van der Waals surface area contributed by atoms with Crippen molar-refractivity contribution in [3.05, 3.63) is 143 Å². The van der Waals surface area contributed by atoms with Crippen LogP contribution in [0.4, 0.5) is 0 Å². The van der Waals surface area contributed by atoms with Crippen LogP contribution in [0.15, 0.2) is 103 Å². The molecule has 6 aliphatic rings. The molecule has 0 fully saturated rings. The van der Waals surface area contributed by atoms with Gasteiger partial charge in [-0.2, -0.15) is 33.7 Å². The third kappa shape index (κ3) is 7.41. The predicted molar refractivity (Wildman–Crippen MR) is 241 cm³/mol. The molecule has 8 bridgehead atoms. The highest BCUT2D eigenvalue weighted by Crippen LogP contribution is 2.45. The Kier molecular flexibility index (Phi) is 10.2. The molecule has 0 atom stereocenters. The number of nitrogens with one attached hydrogen (secondary N) is 1. The zero-order valence-electron chi connectivity index (χ0n) is 31.2. The molecule has 0 saturated carbocycles. The van der Waals surface area contributed by atoms with Crippen LogP contribution in [0.1, 0.15) is 65.1 Å². The van der Waals surface area contributed by atoms with Crippen LogP contribution in [-0.4, -0.2) is 72.6 Å². The molecule has 1 N–H and O–H groups in total. The van der Waals surface area contributed by atoms with Gasteiger partial charge >= 0.3 is 0 Å². The van der Waals surface area contributed by atoms with Crippen molar-refractivity contribution in [2.45, 2.75) is 25.7 Å². The second-order valence-electron chi connectivity index (χ2n) is 14.1. The molecule has 0 saturated heterocycles. The zero-order chi connectivity index (χ0) is 41.7. The summed E-state index contributed by atoms with van der Waals surface area (Å²) in [6, 6.07) is 9.61. The Morgan fingerprint density at radius 2 is 0.900 bits per heavy atom. The van der Waals surface area contributed by atoms with Crippen LogP contribution in [0, 0.1) is 0 Å². The Bertz CT molecular complexity index is 3620. The van der Waals surface area contributed by atoms with Crippen LogP contribution in [0.5, 0.6) is 0 Å². The SMILES string of the molecule is O=S(=O)=C1C=CC(c2c(C3=CCC(=S(=O)=O)C=C3)c3c(C4=CCC(=S(=O)=O)C=C4)c4nc(cc5ccc(cc6nc(cc2n3C2=CCC(=S(=O)=O)C=C2)C=C6)[nH]5)C=C4)=CC1. The molecule has 60 heavy (non-hydrogen) atoms. The number of nitrogens with zero attached hydrogens (tertiary/aromatic N) is 3. The first-order chi connectivity index (χ1) is 29.0. The highest BCUT2D eigenvalue weighted by molar-refractivity contribution is 7.74. The normalized spacial score (nSPS) is 16.8. The monoisotopic (exact) mass is 870 g/mol. The molecule has 12 nitrogen and oxygen atoms in total. The van der Waals surface area contributed by atoms with E-state index >= 15 is 0 Å². The van der Waals surface area contributed by atoms with Crippen molar-refractivity contribution in [2.75, 3.05) is 0 Å². The summed E-state index contributed by atoms with van der Waals surface area (Å²) in [7, 11) is -9.87. The fourth-order valence-electron chi connectivity index (χ4n) is 7.74. The van der Waals surface area contributed by atoms with Gasteiger partial charge in [0, 0.05) is 59.1 Å². The average molecular weight is 871 g/mol. The Labute approximate surface area is 349 Å². The topological polar surface area (TPSA) is 183 Å². The number of aromatic nitrogens is 4. The summed E-state index contributed by atoms with van der Waals surface area (Å²) in [5, 5.41) is 0. The summed E-state index contributed by atoms with van der Waals surface area (Å²) >= 11 is 0. The standard InChI is InChI=1S/C44H30N4O8S4/c49-57(50)35-14-1-26(2-15-35)41-39-22-11-32(47-39)24-31-8-7-29(45-31)23-30-9-10-33(46-30)25-40-42(27-3-16-36(17-4-27)58(51)52)43(28-5-18-37(19-6-28)59(53)54)44(41)48(40)34-12-20-38(21-13-34)60(55)56/h1-14,16,18,20,22-25,45H,15,17,19,21H2. The zero-order valence-corrected chi connectivity index (χ0v) is 34.5. The largest absolute Gasteiger partial charge is 0.355 e. The van der Waals surface area contributed by atoms with E-state index in [4.69, 9.17) is 9.97 Å². The lowest BCUT2D eigenvalue weighted by Gasteiger charge is -2.18. The van der Waals surface area contributed by atoms with E-state index in [1.165, 1.54) is 0 Å². The minimum Gasteiger partial charge on any atom is -0.355 e. The van der Waals surface area contributed by atoms with Crippen LogP contribution < -0.4 is 0 Å². The molecule has 0 unspecified atom stereocenters. The molecule has 4 aliphatic carbocycles. The number of fused-ring (bicyclic) bond motifs is 8. The highest BCUT2D eigenvalue weighted by atomic mass is 32.2. The van der Waals surface area contributed by atoms with Gasteiger partial charge in [-0.3, -0.25) is 0 Å². The van der Waals surface area contributed by atoms with Gasteiger partial charge in [0.1, 0.15) is 0 Å². The molecule has 3 aromatic heterocycles. The summed E-state index contributed by atoms with van der Waals surface area (Å²) in [5.74, 6) is 0. The van der Waals surface area contributed by atoms with Crippen LogP contribution >= 0.6 is 0 Å². The fourth-order valence-corrected chi connectivity index (χ4v) is 9.34. The molecular weight excluding hydrogens is 841 g/mol. The van der Waals surface area contributed by atoms with Gasteiger partial charge in [-0.05, 0) is 102 Å². The van der Waals surface area contributed by atoms with Gasteiger partial charge in [-0.15, -0.1) is 0 Å². The third-order valence-electron chi connectivity index (χ3n) is 10.5. The Hall–Kier alpha value is -6.72. The van der Waals surface area contributed by atoms with Gasteiger partial charge in [0.25, 0.3) is 0 Å². The maximum absolute atomic E-state index is 12.2. The number of hydrogen-bond donors (Lipinski definition) is 1. The number of H-pyrrole nitrogens is 1. The van der Waals surface area contributed by atoms with E-state index in [0.29, 0.717) is 72.9 Å². The predicted octanol–water partition coefficient (Wildman–Crippen LogP) is 6.17. The maximum Gasteiger partial charge on any atom is 0.217 e. The van der Waals surface area contributed by atoms with E-state index in [1.54, 1.807) is 54.7 Å². The van der Waals surface area contributed by atoms with Gasteiger partial charge in [0.05, 0.1) is 53.3 Å². The summed E-state index contributed by atoms with van der Waals surface area (Å²) in [4.78, 5) is 14.2. The molecule has 9 rings (SSSR count). The summed E-state index contributed by atoms with van der Waals surface area (Å²) in [5.41, 5.74) is 9.69. The van der Waals surface area contributed by atoms with Crippen LogP contribution in [-0.2, 0) is 41.2 Å². The van der Waals surface area contributed by atoms with Crippen molar-refractivity contribution in [2.24, 2.45) is 0 Å². The molecule has 0 aromatic carbocycles. The number of rotatable bonds is 4. The van der Waals surface area contributed by atoms with E-state index in [0.717, 1.165) is 11.0 Å². The van der Waals surface area contributed by atoms with E-state index < -0.39 is 41.2 Å². The van der Waals surface area contributed by atoms with E-state index in [2.05, 4.69) is 4.98 Å². The van der Waals surface area contributed by atoms with Crippen molar-refractivity contribution >= 4 is 129 Å². The minimum atomic E-state index is -2.47. The Morgan fingerprint density at radius 1 is 0.450 bits per heavy atom. The lowest BCUT2D eigenvalue weighted by Crippen LogP contribution is -2.06. The fraction of sp³-hybridized carbons (Fsp3) is 0.0909. The lowest BCUT2D eigenvalue weighted by atomic mass is 9.88. The van der Waals surface area contributed by atoms with Gasteiger partial charge in [0.15, 0.2) is 0 Å². The second-order valence-corrected chi connectivity index (χ2v) is 18.1. The van der Waals surface area contributed by atoms with Gasteiger partial charge in [-0.25, -0.2) is 9.97 Å². The van der Waals surface area contributed by atoms with Gasteiger partial charge in [0.2, 0.25) is 41.2 Å². The van der Waals surface area contributed by atoms with Gasteiger partial charge in [-0.1, -0.05) is 42.5 Å². The first-order valence-electron chi connectivity index (χ1n) is 18.5. The Balaban J connectivity index is 1.55. The first-order valence-corrected chi connectivity index (χ1v) is 22.8. The Morgan fingerprint density at radius 3 is 1.38 bits per heavy atom. The van der Waals surface area contributed by atoms with Crippen LogP contribution in [0.2, 0.25) is 0 Å². The molecule has 5 heterocycles. The molecule has 0 spiro atoms. The number of hydrogen-bond acceptors (Lipinski definition) is 10. The molecule has 298 valence electrons. The average Bonchev–Trinajstić information content (AvgIpc) is 4.06. The molecule has 2 aliphatic heterocycles. The first kappa shape index (κ1) is 38.8. The lowest BCUT2D eigenvalue weighted by molar-refractivity contribution is 0.625. The molecule has 0 amide bonds. The molecule has 3 aromatic rings. The van der Waals surface area contributed by atoms with Crippen molar-refractivity contribution in [1.29, 1.82) is 0 Å². The van der Waals surface area contributed by atoms with Gasteiger partial charge < -0.3 is 9.55 Å². The van der Waals surface area contributed by atoms with E-state index in [1.807, 2.05) is 77.4 Å². The third-order valence-corrected chi connectivity index (χ3v) is 13.4. The summed E-state index contributed by atoms with van der Waals surface area (Å²) in [6.07, 6.45) is 28.3. The van der Waals surface area contributed by atoms with Crippen LogP contribution in [0.25, 0.3) is 68.8 Å². The van der Waals surface area contributed by atoms with E-state index in [-0.39, 0.29) is 45.1 Å². The highest BCUT2D eigenvalue weighted by Gasteiger charge is 2.29. The summed E-state index contributed by atoms with van der Waals surface area (Å²) in [6.45, 7) is 0. The number of aromatic amines is 1. The number of allylic oxidation sites excluding steroid dienone is 16. The van der Waals surface area contributed by atoms with E-state index in [9.17, 15) is 33.7 Å². The van der Waals surface area contributed by atoms with Crippen molar-refractivity contribution in [1.82, 2.24) is 19.5 Å². The van der Waals surface area contributed by atoms with Crippen molar-refractivity contribution < 1.29 is 33.7 Å². The molecule has 0 radical (unpaired) electrons. The summed E-state index contributed by atoms with van der Waals surface area (Å²) < 4.78 is 99.1. The van der Waals surface area contributed by atoms with Crippen molar-refractivity contribution in [3.63, 3.8) is 0 Å². The maximum atomic E-state index is 12.2. The minimum absolute atomic E-state index is 0.0837. The molecule has 16 heteroatoms. The van der Waals surface area contributed by atoms with Crippen LogP contribution in [0.3, 0.4) is 0 Å². The second kappa shape index (κ2) is 15.8. The quantitative estimate of drug-likeness (QED) is 0.205.